The minimum atomic E-state index is 0.541. The normalized spacial score (nSPS) is 10.4. The number of rotatable bonds is 3. The summed E-state index contributed by atoms with van der Waals surface area (Å²) in [5, 5.41) is 11.8. The van der Waals surface area contributed by atoms with E-state index in [4.69, 9.17) is 10.5 Å². The average Bonchev–Trinajstić information content (AvgIpc) is 2.97. The lowest BCUT2D eigenvalue weighted by atomic mass is 10.2. The minimum absolute atomic E-state index is 0.541. The van der Waals surface area contributed by atoms with Crippen LogP contribution in [0, 0.1) is 0 Å². The van der Waals surface area contributed by atoms with Crippen molar-refractivity contribution in [3.8, 4) is 22.8 Å². The van der Waals surface area contributed by atoms with Crippen molar-refractivity contribution in [2.75, 3.05) is 12.8 Å². The lowest BCUT2D eigenvalue weighted by Crippen LogP contribution is -2.01. The molecule has 0 spiro atoms. The molecule has 0 aliphatic rings. The predicted molar refractivity (Wildman–Crippen MR) is 75.6 cm³/mol. The fourth-order valence-electron chi connectivity index (χ4n) is 1.98. The van der Waals surface area contributed by atoms with Crippen molar-refractivity contribution in [3.05, 3.63) is 48.5 Å². The van der Waals surface area contributed by atoms with Crippen LogP contribution in [0.4, 0.5) is 5.69 Å². The number of nitrogens with two attached hydrogens (primary N) is 1. The second-order valence-corrected chi connectivity index (χ2v) is 4.21. The Bertz CT molecular complexity index is 723. The summed E-state index contributed by atoms with van der Waals surface area (Å²) in [6.07, 6.45) is 0. The first-order valence-corrected chi connectivity index (χ1v) is 6.07. The van der Waals surface area contributed by atoms with Crippen LogP contribution in [0.3, 0.4) is 0 Å². The van der Waals surface area contributed by atoms with Crippen molar-refractivity contribution in [3.63, 3.8) is 0 Å². The molecule has 3 aromatic rings. The Morgan fingerprint density at radius 2 is 1.90 bits per heavy atom. The molecule has 0 bridgehead atoms. The van der Waals surface area contributed by atoms with Gasteiger partial charge < -0.3 is 10.5 Å². The van der Waals surface area contributed by atoms with E-state index >= 15 is 0 Å². The molecule has 20 heavy (non-hydrogen) atoms. The maximum Gasteiger partial charge on any atom is 0.187 e. The molecule has 1 heterocycles. The largest absolute Gasteiger partial charge is 0.495 e. The molecule has 0 unspecified atom stereocenters. The third kappa shape index (κ3) is 2.07. The van der Waals surface area contributed by atoms with Crippen LogP contribution >= 0.6 is 0 Å². The van der Waals surface area contributed by atoms with Crippen LogP contribution in [0.1, 0.15) is 0 Å². The summed E-state index contributed by atoms with van der Waals surface area (Å²) in [6.45, 7) is 0. The highest BCUT2D eigenvalue weighted by atomic mass is 16.5. The molecule has 0 saturated heterocycles. The van der Waals surface area contributed by atoms with Crippen molar-refractivity contribution in [2.24, 2.45) is 0 Å². The van der Waals surface area contributed by atoms with E-state index in [1.54, 1.807) is 23.9 Å². The molecular weight excluding hydrogens is 254 g/mol. The van der Waals surface area contributed by atoms with Crippen LogP contribution < -0.4 is 10.5 Å². The predicted octanol–water partition coefficient (Wildman–Crippen LogP) is 1.92. The van der Waals surface area contributed by atoms with E-state index in [-0.39, 0.29) is 0 Å². The summed E-state index contributed by atoms with van der Waals surface area (Å²) in [4.78, 5) is 0. The highest BCUT2D eigenvalue weighted by Crippen LogP contribution is 2.25. The van der Waals surface area contributed by atoms with E-state index in [2.05, 4.69) is 15.5 Å². The number of hydrogen-bond acceptors (Lipinski definition) is 5. The summed E-state index contributed by atoms with van der Waals surface area (Å²) in [7, 11) is 1.58. The van der Waals surface area contributed by atoms with Crippen LogP contribution in [0.25, 0.3) is 17.1 Å². The van der Waals surface area contributed by atoms with Gasteiger partial charge >= 0.3 is 0 Å². The topological polar surface area (TPSA) is 78.8 Å². The Kier molecular flexibility index (Phi) is 3.04. The highest BCUT2D eigenvalue weighted by Gasteiger charge is 2.11. The van der Waals surface area contributed by atoms with Crippen LogP contribution in [-0.4, -0.2) is 27.3 Å². The highest BCUT2D eigenvalue weighted by molar-refractivity contribution is 5.61. The maximum absolute atomic E-state index is 5.92. The molecule has 0 radical (unpaired) electrons. The molecule has 0 aliphatic heterocycles. The van der Waals surface area contributed by atoms with Gasteiger partial charge in [-0.25, -0.2) is 0 Å². The van der Waals surface area contributed by atoms with Gasteiger partial charge in [-0.1, -0.05) is 30.3 Å². The molecule has 0 fully saturated rings. The first-order chi connectivity index (χ1) is 9.79. The monoisotopic (exact) mass is 267 g/mol. The number of hydrogen-bond donors (Lipinski definition) is 1. The van der Waals surface area contributed by atoms with E-state index in [1.807, 2.05) is 36.4 Å². The molecule has 100 valence electrons. The molecular formula is C14H13N5O. The lowest BCUT2D eigenvalue weighted by molar-refractivity contribution is 0.417. The van der Waals surface area contributed by atoms with Crippen LogP contribution in [-0.2, 0) is 0 Å². The van der Waals surface area contributed by atoms with E-state index in [0.29, 0.717) is 17.3 Å². The maximum atomic E-state index is 5.92. The van der Waals surface area contributed by atoms with Crippen molar-refractivity contribution in [1.29, 1.82) is 0 Å². The zero-order chi connectivity index (χ0) is 13.9. The third-order valence-corrected chi connectivity index (χ3v) is 2.96. The number of aromatic nitrogens is 4. The fourth-order valence-corrected chi connectivity index (χ4v) is 1.98. The first-order valence-electron chi connectivity index (χ1n) is 6.07. The number of benzene rings is 2. The van der Waals surface area contributed by atoms with E-state index in [1.165, 1.54) is 0 Å². The zero-order valence-corrected chi connectivity index (χ0v) is 10.9. The first kappa shape index (κ1) is 12.2. The quantitative estimate of drug-likeness (QED) is 0.733. The second-order valence-electron chi connectivity index (χ2n) is 4.21. The minimum Gasteiger partial charge on any atom is -0.495 e. The lowest BCUT2D eigenvalue weighted by Gasteiger charge is -2.08. The average molecular weight is 267 g/mol. The number of tetrazole rings is 1. The third-order valence-electron chi connectivity index (χ3n) is 2.96. The molecule has 2 N–H and O–H groups in total. The summed E-state index contributed by atoms with van der Waals surface area (Å²) < 4.78 is 6.79. The van der Waals surface area contributed by atoms with Gasteiger partial charge in [0.05, 0.1) is 18.5 Å². The van der Waals surface area contributed by atoms with Crippen molar-refractivity contribution in [1.82, 2.24) is 20.2 Å². The Morgan fingerprint density at radius 3 is 2.60 bits per heavy atom. The Balaban J connectivity index is 2.08. The molecule has 0 saturated carbocycles. The van der Waals surface area contributed by atoms with Crippen molar-refractivity contribution >= 4 is 5.69 Å². The van der Waals surface area contributed by atoms with Gasteiger partial charge in [0, 0.05) is 5.56 Å². The SMILES string of the molecule is COc1ccc(-n2nnnc2-c2ccccc2)cc1N. The van der Waals surface area contributed by atoms with E-state index in [9.17, 15) is 0 Å². The summed E-state index contributed by atoms with van der Waals surface area (Å²) in [5.41, 5.74) is 8.18. The van der Waals surface area contributed by atoms with Gasteiger partial charge in [0.1, 0.15) is 5.75 Å². The van der Waals surface area contributed by atoms with Gasteiger partial charge in [0.15, 0.2) is 5.82 Å². The molecule has 6 heteroatoms. The standard InChI is InChI=1S/C14H13N5O/c1-20-13-8-7-11(9-12(13)15)19-14(16-17-18-19)10-5-3-2-4-6-10/h2-9H,15H2,1H3. The molecule has 1 aromatic heterocycles. The number of ether oxygens (including phenoxy) is 1. The van der Waals surface area contributed by atoms with Crippen LogP contribution in [0.5, 0.6) is 5.75 Å². The van der Waals surface area contributed by atoms with Gasteiger partial charge in [0.25, 0.3) is 0 Å². The van der Waals surface area contributed by atoms with E-state index < -0.39 is 0 Å². The van der Waals surface area contributed by atoms with Gasteiger partial charge in [0.2, 0.25) is 0 Å². The summed E-state index contributed by atoms with van der Waals surface area (Å²) in [6, 6.07) is 15.2. The zero-order valence-electron chi connectivity index (χ0n) is 10.9. The van der Waals surface area contributed by atoms with Crippen LogP contribution in [0.2, 0.25) is 0 Å². The molecule has 3 rings (SSSR count). The molecule has 0 amide bonds. The van der Waals surface area contributed by atoms with Gasteiger partial charge in [-0.2, -0.15) is 4.68 Å². The summed E-state index contributed by atoms with van der Waals surface area (Å²) >= 11 is 0. The number of anilines is 1. The Hall–Kier alpha value is -2.89. The van der Waals surface area contributed by atoms with Gasteiger partial charge in [-0.3, -0.25) is 0 Å². The Labute approximate surface area is 115 Å². The molecule has 6 nitrogen and oxygen atoms in total. The number of nitrogen functional groups attached to an aromatic ring is 1. The number of methoxy groups -OCH3 is 1. The Morgan fingerprint density at radius 1 is 1.10 bits per heavy atom. The molecule has 0 aliphatic carbocycles. The molecule has 2 aromatic carbocycles. The van der Waals surface area contributed by atoms with Crippen molar-refractivity contribution < 1.29 is 4.74 Å². The van der Waals surface area contributed by atoms with Crippen LogP contribution in [0.15, 0.2) is 48.5 Å². The van der Waals surface area contributed by atoms with Gasteiger partial charge in [-0.05, 0) is 28.6 Å². The number of nitrogens with zero attached hydrogens (tertiary/aromatic N) is 4. The van der Waals surface area contributed by atoms with Gasteiger partial charge in [-0.15, -0.1) is 5.10 Å². The molecule has 0 atom stereocenters. The summed E-state index contributed by atoms with van der Waals surface area (Å²) in [5.74, 6) is 1.29. The fraction of sp³-hybridized carbons (Fsp3) is 0.0714. The van der Waals surface area contributed by atoms with Crippen molar-refractivity contribution in [2.45, 2.75) is 0 Å². The smallest absolute Gasteiger partial charge is 0.187 e. The van der Waals surface area contributed by atoms with E-state index in [0.717, 1.165) is 11.3 Å². The second kappa shape index (κ2) is 5.00.